The first-order chi connectivity index (χ1) is 9.41. The summed E-state index contributed by atoms with van der Waals surface area (Å²) in [5.41, 5.74) is 0. The van der Waals surface area contributed by atoms with Crippen molar-refractivity contribution in [2.45, 2.75) is 77.6 Å². The molecule has 0 spiro atoms. The minimum atomic E-state index is 0.113. The minimum absolute atomic E-state index is 0.113. The Kier molecular flexibility index (Phi) is 17.3. The molecule has 0 bridgehead atoms. The Morgan fingerprint density at radius 1 is 0.737 bits per heavy atom. The summed E-state index contributed by atoms with van der Waals surface area (Å²) in [4.78, 5) is 0. The Morgan fingerprint density at radius 3 is 1.79 bits per heavy atom. The van der Waals surface area contributed by atoms with Gasteiger partial charge in [-0.3, -0.25) is 0 Å². The molecule has 0 aromatic rings. The summed E-state index contributed by atoms with van der Waals surface area (Å²) in [6.07, 6.45) is 18.7. The molecule has 0 fully saturated rings. The van der Waals surface area contributed by atoms with E-state index < -0.39 is 0 Å². The second kappa shape index (κ2) is 17.7. The molecule has 0 radical (unpaired) electrons. The predicted octanol–water partition coefficient (Wildman–Crippen LogP) is 4.86. The Balaban J connectivity index is 2.93. The Labute approximate surface area is 120 Å². The SMILES string of the molecule is CCCCCCCCCCCCCOCC=CCO. The van der Waals surface area contributed by atoms with Crippen LogP contribution in [0.2, 0.25) is 0 Å². The van der Waals surface area contributed by atoms with Crippen molar-refractivity contribution in [1.29, 1.82) is 0 Å². The topological polar surface area (TPSA) is 29.5 Å². The summed E-state index contributed by atoms with van der Waals surface area (Å²) in [5.74, 6) is 0. The quantitative estimate of drug-likeness (QED) is 0.340. The lowest BCUT2D eigenvalue weighted by Gasteiger charge is -2.03. The van der Waals surface area contributed by atoms with Crippen LogP contribution in [-0.4, -0.2) is 24.9 Å². The Bertz CT molecular complexity index is 178. The van der Waals surface area contributed by atoms with Gasteiger partial charge in [0.2, 0.25) is 0 Å². The van der Waals surface area contributed by atoms with Gasteiger partial charge in [0, 0.05) is 6.61 Å². The lowest BCUT2D eigenvalue weighted by molar-refractivity contribution is 0.156. The number of hydrogen-bond acceptors (Lipinski definition) is 2. The van der Waals surface area contributed by atoms with Crippen molar-refractivity contribution >= 4 is 0 Å². The van der Waals surface area contributed by atoms with E-state index in [1.165, 1.54) is 70.6 Å². The summed E-state index contributed by atoms with van der Waals surface area (Å²) in [5, 5.41) is 8.53. The van der Waals surface area contributed by atoms with Crippen molar-refractivity contribution in [2.24, 2.45) is 0 Å². The molecule has 0 unspecified atom stereocenters. The first kappa shape index (κ1) is 18.7. The average Bonchev–Trinajstić information content (AvgIpc) is 2.43. The lowest BCUT2D eigenvalue weighted by Crippen LogP contribution is -1.94. The third-order valence-electron chi connectivity index (χ3n) is 3.38. The highest BCUT2D eigenvalue weighted by Crippen LogP contribution is 2.11. The molecule has 0 aromatic carbocycles. The lowest BCUT2D eigenvalue weighted by atomic mass is 10.1. The zero-order chi connectivity index (χ0) is 14.0. The van der Waals surface area contributed by atoms with E-state index >= 15 is 0 Å². The van der Waals surface area contributed by atoms with Gasteiger partial charge in [0.25, 0.3) is 0 Å². The average molecular weight is 270 g/mol. The van der Waals surface area contributed by atoms with E-state index in [1.807, 2.05) is 6.08 Å². The van der Waals surface area contributed by atoms with Gasteiger partial charge in [0.05, 0.1) is 13.2 Å². The van der Waals surface area contributed by atoms with Crippen LogP contribution >= 0.6 is 0 Å². The van der Waals surface area contributed by atoms with Gasteiger partial charge in [-0.1, -0.05) is 83.3 Å². The maximum absolute atomic E-state index is 8.53. The molecule has 0 heterocycles. The largest absolute Gasteiger partial charge is 0.392 e. The molecule has 0 aromatic heterocycles. The monoisotopic (exact) mass is 270 g/mol. The highest BCUT2D eigenvalue weighted by molar-refractivity contribution is 4.80. The van der Waals surface area contributed by atoms with E-state index in [2.05, 4.69) is 6.92 Å². The fraction of sp³-hybridized carbons (Fsp3) is 0.882. The van der Waals surface area contributed by atoms with Crippen LogP contribution in [0.3, 0.4) is 0 Å². The van der Waals surface area contributed by atoms with Crippen LogP contribution in [0.25, 0.3) is 0 Å². The summed E-state index contributed by atoms with van der Waals surface area (Å²) in [6.45, 7) is 3.87. The first-order valence-electron chi connectivity index (χ1n) is 8.25. The molecule has 0 amide bonds. The van der Waals surface area contributed by atoms with Crippen LogP contribution in [0.4, 0.5) is 0 Å². The molecule has 0 aliphatic rings. The third-order valence-corrected chi connectivity index (χ3v) is 3.38. The molecule has 2 nitrogen and oxygen atoms in total. The van der Waals surface area contributed by atoms with E-state index in [0.717, 1.165) is 6.61 Å². The number of aliphatic hydroxyl groups excluding tert-OH is 1. The van der Waals surface area contributed by atoms with Gasteiger partial charge in [-0.25, -0.2) is 0 Å². The van der Waals surface area contributed by atoms with E-state index in [4.69, 9.17) is 9.84 Å². The zero-order valence-corrected chi connectivity index (χ0v) is 12.9. The number of ether oxygens (including phenoxy) is 1. The summed E-state index contributed by atoms with van der Waals surface area (Å²) >= 11 is 0. The summed E-state index contributed by atoms with van der Waals surface area (Å²) in [7, 11) is 0. The van der Waals surface area contributed by atoms with Gasteiger partial charge >= 0.3 is 0 Å². The normalized spacial score (nSPS) is 11.5. The van der Waals surface area contributed by atoms with Gasteiger partial charge in [-0.2, -0.15) is 0 Å². The molecule has 0 saturated heterocycles. The van der Waals surface area contributed by atoms with Crippen LogP contribution in [0.1, 0.15) is 77.6 Å². The number of unbranched alkanes of at least 4 members (excludes halogenated alkanes) is 10. The van der Waals surface area contributed by atoms with Crippen LogP contribution in [0.15, 0.2) is 12.2 Å². The maximum atomic E-state index is 8.53. The van der Waals surface area contributed by atoms with Crippen molar-refractivity contribution in [3.63, 3.8) is 0 Å². The highest BCUT2D eigenvalue weighted by Gasteiger charge is 1.93. The van der Waals surface area contributed by atoms with Gasteiger partial charge in [0.15, 0.2) is 0 Å². The zero-order valence-electron chi connectivity index (χ0n) is 12.9. The maximum Gasteiger partial charge on any atom is 0.0648 e. The molecule has 0 atom stereocenters. The third kappa shape index (κ3) is 17.7. The second-order valence-corrected chi connectivity index (χ2v) is 5.26. The van der Waals surface area contributed by atoms with E-state index in [9.17, 15) is 0 Å². The molecule has 0 aliphatic heterocycles. The standard InChI is InChI=1S/C17H34O2/c1-2-3-4-5-6-7-8-9-10-11-13-16-19-17-14-12-15-18/h12,14,18H,2-11,13,15-17H2,1H3. The predicted molar refractivity (Wildman–Crippen MR) is 83.5 cm³/mol. The van der Waals surface area contributed by atoms with Crippen molar-refractivity contribution in [1.82, 2.24) is 0 Å². The van der Waals surface area contributed by atoms with Crippen LogP contribution < -0.4 is 0 Å². The fourth-order valence-electron chi connectivity index (χ4n) is 2.16. The minimum Gasteiger partial charge on any atom is -0.392 e. The van der Waals surface area contributed by atoms with Crippen molar-refractivity contribution in [2.75, 3.05) is 19.8 Å². The highest BCUT2D eigenvalue weighted by atomic mass is 16.5. The van der Waals surface area contributed by atoms with Crippen molar-refractivity contribution in [3.8, 4) is 0 Å². The Hall–Kier alpha value is -0.340. The van der Waals surface area contributed by atoms with E-state index in [0.29, 0.717) is 6.61 Å². The first-order valence-corrected chi connectivity index (χ1v) is 8.25. The molecule has 2 heteroatoms. The number of aliphatic hydroxyl groups is 1. The fourth-order valence-corrected chi connectivity index (χ4v) is 2.16. The molecule has 0 aliphatic carbocycles. The van der Waals surface area contributed by atoms with E-state index in [-0.39, 0.29) is 6.61 Å². The number of hydrogen-bond donors (Lipinski definition) is 1. The van der Waals surface area contributed by atoms with Gasteiger partial charge in [0.1, 0.15) is 0 Å². The molecule has 1 N–H and O–H groups in total. The Morgan fingerprint density at radius 2 is 1.26 bits per heavy atom. The summed E-state index contributed by atoms with van der Waals surface area (Å²) in [6, 6.07) is 0. The van der Waals surface area contributed by atoms with Gasteiger partial charge in [-0.05, 0) is 6.42 Å². The molecule has 0 rings (SSSR count). The van der Waals surface area contributed by atoms with Crippen LogP contribution in [0.5, 0.6) is 0 Å². The molecule has 114 valence electrons. The van der Waals surface area contributed by atoms with Crippen LogP contribution in [-0.2, 0) is 4.74 Å². The molecular formula is C17H34O2. The second-order valence-electron chi connectivity index (χ2n) is 5.26. The van der Waals surface area contributed by atoms with Crippen molar-refractivity contribution in [3.05, 3.63) is 12.2 Å². The molecule has 19 heavy (non-hydrogen) atoms. The molecule has 0 saturated carbocycles. The van der Waals surface area contributed by atoms with E-state index in [1.54, 1.807) is 6.08 Å². The smallest absolute Gasteiger partial charge is 0.0648 e. The molecular weight excluding hydrogens is 236 g/mol. The van der Waals surface area contributed by atoms with Crippen molar-refractivity contribution < 1.29 is 9.84 Å². The number of rotatable bonds is 15. The van der Waals surface area contributed by atoms with Gasteiger partial charge in [-0.15, -0.1) is 0 Å². The summed E-state index contributed by atoms with van der Waals surface area (Å²) < 4.78 is 5.42. The van der Waals surface area contributed by atoms with Crippen LogP contribution in [0, 0.1) is 0 Å². The van der Waals surface area contributed by atoms with Gasteiger partial charge < -0.3 is 9.84 Å².